The minimum atomic E-state index is -1.22. The van der Waals surface area contributed by atoms with Crippen LogP contribution >= 0.6 is 0 Å². The van der Waals surface area contributed by atoms with Crippen LogP contribution in [-0.2, 0) is 4.79 Å². The quantitative estimate of drug-likeness (QED) is 0.490. The van der Waals surface area contributed by atoms with Gasteiger partial charge in [0.15, 0.2) is 6.10 Å². The normalized spacial score (nSPS) is 12.8. The van der Waals surface area contributed by atoms with E-state index in [0.717, 1.165) is 19.3 Å². The molecule has 0 aliphatic rings. The molecule has 0 aromatic carbocycles. The molecule has 0 rings (SSSR count). The Balaban J connectivity index is 3.14. The zero-order chi connectivity index (χ0) is 9.40. The molecule has 0 saturated carbocycles. The molecule has 3 N–H and O–H groups in total. The van der Waals surface area contributed by atoms with E-state index in [-0.39, 0.29) is 6.61 Å². The highest BCUT2D eigenvalue weighted by Gasteiger charge is 2.11. The summed E-state index contributed by atoms with van der Waals surface area (Å²) < 4.78 is 0. The van der Waals surface area contributed by atoms with E-state index in [0.29, 0.717) is 12.8 Å². The van der Waals surface area contributed by atoms with E-state index in [4.69, 9.17) is 15.3 Å². The summed E-state index contributed by atoms with van der Waals surface area (Å²) in [5, 5.41) is 25.5. The Kier molecular flexibility index (Phi) is 6.70. The second-order valence-electron chi connectivity index (χ2n) is 2.78. The molecule has 12 heavy (non-hydrogen) atoms. The van der Waals surface area contributed by atoms with E-state index in [2.05, 4.69) is 0 Å². The summed E-state index contributed by atoms with van der Waals surface area (Å²) in [5.41, 5.74) is 0. The first-order valence-electron chi connectivity index (χ1n) is 4.20. The van der Waals surface area contributed by atoms with Crippen LogP contribution in [0.2, 0.25) is 0 Å². The lowest BCUT2D eigenvalue weighted by Gasteiger charge is -2.03. The van der Waals surface area contributed by atoms with Crippen LogP contribution in [0.1, 0.15) is 32.1 Å². The molecule has 0 radical (unpaired) electrons. The Labute approximate surface area is 71.8 Å². The number of unbranched alkanes of at least 4 members (excludes halogenated alkanes) is 3. The molecule has 0 aromatic heterocycles. The molecule has 0 aliphatic heterocycles. The maximum atomic E-state index is 10.1. The van der Waals surface area contributed by atoms with Crippen molar-refractivity contribution < 1.29 is 20.1 Å². The van der Waals surface area contributed by atoms with Crippen molar-refractivity contribution in [3.05, 3.63) is 0 Å². The fourth-order valence-corrected chi connectivity index (χ4v) is 0.927. The number of rotatable bonds is 7. The maximum absolute atomic E-state index is 10.1. The maximum Gasteiger partial charge on any atom is 0.332 e. The minimum absolute atomic E-state index is 0.182. The summed E-state index contributed by atoms with van der Waals surface area (Å²) in [6.45, 7) is 0.182. The van der Waals surface area contributed by atoms with E-state index < -0.39 is 12.1 Å². The van der Waals surface area contributed by atoms with Gasteiger partial charge in [-0.1, -0.05) is 19.3 Å². The van der Waals surface area contributed by atoms with Gasteiger partial charge >= 0.3 is 5.97 Å². The van der Waals surface area contributed by atoms with Crippen LogP contribution < -0.4 is 0 Å². The van der Waals surface area contributed by atoms with Crippen molar-refractivity contribution in [1.82, 2.24) is 0 Å². The molecule has 0 bridgehead atoms. The molecular formula is C8H16O4. The van der Waals surface area contributed by atoms with Gasteiger partial charge < -0.3 is 15.3 Å². The van der Waals surface area contributed by atoms with Gasteiger partial charge in [0.1, 0.15) is 0 Å². The van der Waals surface area contributed by atoms with Gasteiger partial charge in [0.2, 0.25) is 0 Å². The first-order valence-corrected chi connectivity index (χ1v) is 4.20. The number of hydrogen-bond acceptors (Lipinski definition) is 3. The Morgan fingerprint density at radius 2 is 1.75 bits per heavy atom. The van der Waals surface area contributed by atoms with Crippen LogP contribution in [0.15, 0.2) is 0 Å². The summed E-state index contributed by atoms with van der Waals surface area (Å²) in [6.07, 6.45) is 2.30. The van der Waals surface area contributed by atoms with Crippen LogP contribution in [-0.4, -0.2) is 34.0 Å². The summed E-state index contributed by atoms with van der Waals surface area (Å²) in [4.78, 5) is 10.1. The van der Waals surface area contributed by atoms with Gasteiger partial charge in [-0.15, -0.1) is 0 Å². The smallest absolute Gasteiger partial charge is 0.332 e. The number of hydrogen-bond donors (Lipinski definition) is 3. The molecule has 0 saturated heterocycles. The van der Waals surface area contributed by atoms with Crippen molar-refractivity contribution >= 4 is 5.97 Å². The number of aliphatic carboxylic acids is 1. The lowest BCUT2D eigenvalue weighted by Crippen LogP contribution is -2.18. The predicted molar refractivity (Wildman–Crippen MR) is 43.8 cm³/mol. The third kappa shape index (κ3) is 6.12. The van der Waals surface area contributed by atoms with Crippen LogP contribution in [0.5, 0.6) is 0 Å². The van der Waals surface area contributed by atoms with Gasteiger partial charge in [0.25, 0.3) is 0 Å². The Bertz CT molecular complexity index is 124. The zero-order valence-electron chi connectivity index (χ0n) is 7.07. The third-order valence-corrected chi connectivity index (χ3v) is 1.67. The topological polar surface area (TPSA) is 77.8 Å². The van der Waals surface area contributed by atoms with Crippen LogP contribution in [0.25, 0.3) is 0 Å². The summed E-state index contributed by atoms with van der Waals surface area (Å²) in [6, 6.07) is 0. The van der Waals surface area contributed by atoms with Crippen LogP contribution in [0.3, 0.4) is 0 Å². The highest BCUT2D eigenvalue weighted by Crippen LogP contribution is 2.05. The lowest BCUT2D eigenvalue weighted by molar-refractivity contribution is -0.146. The number of carbonyl (C=O) groups is 1. The fraction of sp³-hybridized carbons (Fsp3) is 0.875. The summed E-state index contributed by atoms with van der Waals surface area (Å²) in [7, 11) is 0. The molecule has 0 aliphatic carbocycles. The molecule has 0 heterocycles. The largest absolute Gasteiger partial charge is 0.479 e. The molecule has 72 valence electrons. The van der Waals surface area contributed by atoms with Crippen molar-refractivity contribution in [2.75, 3.05) is 6.61 Å². The van der Waals surface area contributed by atoms with Gasteiger partial charge in [-0.2, -0.15) is 0 Å². The highest BCUT2D eigenvalue weighted by atomic mass is 16.4. The Morgan fingerprint density at radius 3 is 2.25 bits per heavy atom. The summed E-state index contributed by atoms with van der Waals surface area (Å²) >= 11 is 0. The second kappa shape index (κ2) is 7.06. The molecule has 1 unspecified atom stereocenters. The Morgan fingerprint density at radius 1 is 1.17 bits per heavy atom. The molecule has 0 amide bonds. The highest BCUT2D eigenvalue weighted by molar-refractivity contribution is 5.71. The number of aliphatic hydroxyl groups is 2. The molecule has 0 spiro atoms. The predicted octanol–water partition coefficient (Wildman–Crippen LogP) is 0.375. The summed E-state index contributed by atoms with van der Waals surface area (Å²) in [5.74, 6) is -1.16. The number of aliphatic hydroxyl groups excluding tert-OH is 2. The molecule has 1 atom stereocenters. The van der Waals surface area contributed by atoms with E-state index >= 15 is 0 Å². The monoisotopic (exact) mass is 176 g/mol. The van der Waals surface area contributed by atoms with E-state index in [9.17, 15) is 4.79 Å². The van der Waals surface area contributed by atoms with Crippen molar-refractivity contribution in [3.8, 4) is 0 Å². The van der Waals surface area contributed by atoms with Gasteiger partial charge in [0.05, 0.1) is 0 Å². The van der Waals surface area contributed by atoms with Crippen molar-refractivity contribution in [2.45, 2.75) is 38.2 Å². The molecule has 4 nitrogen and oxygen atoms in total. The molecule has 0 fully saturated rings. The standard InChI is InChI=1S/C8H16O4/c9-6-4-2-1-3-5-7(10)8(11)12/h7,9-10H,1-6H2,(H,11,12). The van der Waals surface area contributed by atoms with Crippen LogP contribution in [0, 0.1) is 0 Å². The molecule has 4 heteroatoms. The SMILES string of the molecule is O=C(O)C(O)CCCCCCO. The van der Waals surface area contributed by atoms with Gasteiger partial charge in [-0.3, -0.25) is 0 Å². The lowest BCUT2D eigenvalue weighted by atomic mass is 10.1. The van der Waals surface area contributed by atoms with Crippen LogP contribution in [0.4, 0.5) is 0 Å². The van der Waals surface area contributed by atoms with Crippen molar-refractivity contribution in [1.29, 1.82) is 0 Å². The number of carboxylic acids is 1. The van der Waals surface area contributed by atoms with E-state index in [1.165, 1.54) is 0 Å². The fourth-order valence-electron chi connectivity index (χ4n) is 0.927. The Hall–Kier alpha value is -0.610. The van der Waals surface area contributed by atoms with Gasteiger partial charge in [-0.25, -0.2) is 4.79 Å². The van der Waals surface area contributed by atoms with Crippen molar-refractivity contribution in [2.24, 2.45) is 0 Å². The average molecular weight is 176 g/mol. The second-order valence-corrected chi connectivity index (χ2v) is 2.78. The van der Waals surface area contributed by atoms with Gasteiger partial charge in [0, 0.05) is 6.61 Å². The first kappa shape index (κ1) is 11.4. The third-order valence-electron chi connectivity index (χ3n) is 1.67. The molecule has 0 aromatic rings. The zero-order valence-corrected chi connectivity index (χ0v) is 7.07. The van der Waals surface area contributed by atoms with E-state index in [1.54, 1.807) is 0 Å². The molecular weight excluding hydrogens is 160 g/mol. The van der Waals surface area contributed by atoms with Crippen molar-refractivity contribution in [3.63, 3.8) is 0 Å². The number of carboxylic acid groups (broad SMARTS) is 1. The first-order chi connectivity index (χ1) is 5.68. The average Bonchev–Trinajstić information content (AvgIpc) is 2.03. The van der Waals surface area contributed by atoms with Gasteiger partial charge in [-0.05, 0) is 12.8 Å². The minimum Gasteiger partial charge on any atom is -0.479 e. The van der Waals surface area contributed by atoms with E-state index in [1.807, 2.05) is 0 Å².